The van der Waals surface area contributed by atoms with Crippen LogP contribution in [0.15, 0.2) is 4.47 Å². The quantitative estimate of drug-likeness (QED) is 0.812. The van der Waals surface area contributed by atoms with Gasteiger partial charge in [0.1, 0.15) is 5.78 Å². The van der Waals surface area contributed by atoms with E-state index in [9.17, 15) is 4.79 Å². The topological polar surface area (TPSA) is 60.9 Å². The summed E-state index contributed by atoms with van der Waals surface area (Å²) in [5, 5.41) is 4.52. The maximum atomic E-state index is 12.3. The summed E-state index contributed by atoms with van der Waals surface area (Å²) in [6.07, 6.45) is 2.55. The normalized spacial score (nSPS) is 13.5. The molecule has 4 nitrogen and oxygen atoms in total. The first-order valence-corrected chi connectivity index (χ1v) is 8.48. The molecule has 1 unspecified atom stereocenters. The number of halogens is 1. The lowest BCUT2D eigenvalue weighted by Crippen LogP contribution is -2.29. The van der Waals surface area contributed by atoms with Gasteiger partial charge in [0.2, 0.25) is 0 Å². The highest BCUT2D eigenvalue weighted by molar-refractivity contribution is 9.10. The smallest absolute Gasteiger partial charge is 0.140 e. The molecule has 0 saturated heterocycles. The van der Waals surface area contributed by atoms with Gasteiger partial charge in [0.25, 0.3) is 0 Å². The van der Waals surface area contributed by atoms with Gasteiger partial charge >= 0.3 is 0 Å². The minimum absolute atomic E-state index is 0.0695. The Kier molecular flexibility index (Phi) is 6.60. The highest BCUT2D eigenvalue weighted by atomic mass is 79.9. The molecule has 2 N–H and O–H groups in total. The molecule has 0 aromatic carbocycles. The summed E-state index contributed by atoms with van der Waals surface area (Å²) < 4.78 is 2.89. The van der Waals surface area contributed by atoms with Crippen molar-refractivity contribution in [3.63, 3.8) is 0 Å². The molecule has 0 bridgehead atoms. The Hall–Kier alpha value is -0.680. The van der Waals surface area contributed by atoms with Gasteiger partial charge in [0.15, 0.2) is 0 Å². The van der Waals surface area contributed by atoms with Gasteiger partial charge in [-0.05, 0) is 41.1 Å². The maximum Gasteiger partial charge on any atom is 0.140 e. The van der Waals surface area contributed by atoms with Gasteiger partial charge < -0.3 is 5.73 Å². The molecule has 0 aliphatic heterocycles. The number of carbonyl (C=O) groups is 1. The van der Waals surface area contributed by atoms with Crippen LogP contribution < -0.4 is 5.73 Å². The number of nitrogens with zero attached hydrogens (tertiary/aromatic N) is 2. The fraction of sp³-hybridized carbons (Fsp3) is 0.750. The minimum Gasteiger partial charge on any atom is -0.327 e. The highest BCUT2D eigenvalue weighted by Crippen LogP contribution is 2.24. The van der Waals surface area contributed by atoms with E-state index in [4.69, 9.17) is 5.73 Å². The van der Waals surface area contributed by atoms with E-state index in [0.29, 0.717) is 12.8 Å². The largest absolute Gasteiger partial charge is 0.327 e. The van der Waals surface area contributed by atoms with E-state index in [1.54, 1.807) is 0 Å². The van der Waals surface area contributed by atoms with Gasteiger partial charge in [-0.2, -0.15) is 5.10 Å². The zero-order valence-electron chi connectivity index (χ0n) is 13.9. The van der Waals surface area contributed by atoms with E-state index < -0.39 is 0 Å². The summed E-state index contributed by atoms with van der Waals surface area (Å²) in [5.41, 5.74) is 8.24. The van der Waals surface area contributed by atoms with Crippen molar-refractivity contribution in [2.24, 2.45) is 11.1 Å². The molecule has 1 aromatic heterocycles. The summed E-state index contributed by atoms with van der Waals surface area (Å²) in [6.45, 7) is 11.3. The summed E-state index contributed by atoms with van der Waals surface area (Å²) in [5.74, 6) is 0.185. The molecule has 1 aromatic rings. The van der Waals surface area contributed by atoms with Crippen molar-refractivity contribution < 1.29 is 4.79 Å². The van der Waals surface area contributed by atoms with Crippen molar-refractivity contribution in [3.05, 3.63) is 15.9 Å². The summed E-state index contributed by atoms with van der Waals surface area (Å²) in [6, 6.07) is -0.0695. The lowest BCUT2D eigenvalue weighted by atomic mass is 9.86. The molecule has 1 atom stereocenters. The van der Waals surface area contributed by atoms with E-state index in [0.717, 1.165) is 35.2 Å². The third kappa shape index (κ3) is 5.55. The summed E-state index contributed by atoms with van der Waals surface area (Å²) in [7, 11) is 0. The van der Waals surface area contributed by atoms with Crippen LogP contribution in [0.5, 0.6) is 0 Å². The van der Waals surface area contributed by atoms with Gasteiger partial charge in [-0.15, -0.1) is 0 Å². The van der Waals surface area contributed by atoms with E-state index in [-0.39, 0.29) is 17.2 Å². The van der Waals surface area contributed by atoms with Gasteiger partial charge in [-0.1, -0.05) is 27.7 Å². The molecule has 0 aliphatic rings. The summed E-state index contributed by atoms with van der Waals surface area (Å²) >= 11 is 3.58. The molecule has 5 heteroatoms. The Morgan fingerprint density at radius 3 is 2.48 bits per heavy atom. The zero-order chi connectivity index (χ0) is 16.2. The molecule has 0 amide bonds. The molecular weight excluding hydrogens is 330 g/mol. The lowest BCUT2D eigenvalue weighted by Gasteiger charge is -2.22. The van der Waals surface area contributed by atoms with Crippen LogP contribution in [0.2, 0.25) is 0 Å². The number of rotatable bonds is 7. The zero-order valence-corrected chi connectivity index (χ0v) is 15.5. The Morgan fingerprint density at radius 1 is 1.38 bits per heavy atom. The van der Waals surface area contributed by atoms with Crippen LogP contribution >= 0.6 is 15.9 Å². The minimum atomic E-state index is -0.0695. The first kappa shape index (κ1) is 18.4. The van der Waals surface area contributed by atoms with Crippen molar-refractivity contribution in [2.75, 3.05) is 0 Å². The van der Waals surface area contributed by atoms with E-state index in [1.165, 1.54) is 0 Å². The van der Waals surface area contributed by atoms with Crippen molar-refractivity contribution in [1.82, 2.24) is 9.78 Å². The molecular formula is C16H28BrN3O. The lowest BCUT2D eigenvalue weighted by molar-refractivity contribution is -0.119. The van der Waals surface area contributed by atoms with Crippen molar-refractivity contribution in [3.8, 4) is 0 Å². The number of carbonyl (C=O) groups excluding carboxylic acids is 1. The molecule has 0 fully saturated rings. The molecule has 21 heavy (non-hydrogen) atoms. The van der Waals surface area contributed by atoms with Crippen LogP contribution in [0.4, 0.5) is 0 Å². The van der Waals surface area contributed by atoms with Crippen LogP contribution in [0.3, 0.4) is 0 Å². The molecule has 0 spiro atoms. The number of aryl methyl sites for hydroxylation is 2. The van der Waals surface area contributed by atoms with Gasteiger partial charge in [0, 0.05) is 25.4 Å². The number of nitrogens with two attached hydrogens (primary N) is 1. The predicted octanol–water partition coefficient (Wildman–Crippen LogP) is 3.49. The Bertz CT molecular complexity index is 488. The van der Waals surface area contributed by atoms with Gasteiger partial charge in [0.05, 0.1) is 15.9 Å². The molecule has 0 saturated carbocycles. The van der Waals surface area contributed by atoms with Crippen LogP contribution in [-0.4, -0.2) is 21.6 Å². The van der Waals surface area contributed by atoms with E-state index in [1.807, 2.05) is 11.6 Å². The van der Waals surface area contributed by atoms with E-state index in [2.05, 4.69) is 48.7 Å². The first-order valence-electron chi connectivity index (χ1n) is 7.69. The molecule has 1 heterocycles. The predicted molar refractivity (Wildman–Crippen MR) is 90.4 cm³/mol. The molecule has 0 radical (unpaired) electrons. The van der Waals surface area contributed by atoms with Crippen LogP contribution in [0, 0.1) is 5.41 Å². The Morgan fingerprint density at radius 2 is 2.00 bits per heavy atom. The second-order valence-electron chi connectivity index (χ2n) is 6.82. The molecule has 0 aliphatic carbocycles. The van der Waals surface area contributed by atoms with Crippen molar-refractivity contribution >= 4 is 21.7 Å². The van der Waals surface area contributed by atoms with Gasteiger partial charge in [-0.25, -0.2) is 0 Å². The van der Waals surface area contributed by atoms with E-state index >= 15 is 0 Å². The monoisotopic (exact) mass is 357 g/mol. The summed E-state index contributed by atoms with van der Waals surface area (Å²) in [4.78, 5) is 12.3. The first-order chi connectivity index (χ1) is 9.67. The van der Waals surface area contributed by atoms with Crippen LogP contribution in [-0.2, 0) is 24.2 Å². The maximum absolute atomic E-state index is 12.3. The average Bonchev–Trinajstić information content (AvgIpc) is 2.63. The van der Waals surface area contributed by atoms with Crippen LogP contribution in [0.25, 0.3) is 0 Å². The van der Waals surface area contributed by atoms with Crippen molar-refractivity contribution in [1.29, 1.82) is 0 Å². The molecule has 1 rings (SSSR count). The van der Waals surface area contributed by atoms with Gasteiger partial charge in [-0.3, -0.25) is 9.48 Å². The number of ketones is 1. The number of aromatic nitrogens is 2. The van der Waals surface area contributed by atoms with Crippen molar-refractivity contribution in [2.45, 2.75) is 72.9 Å². The molecule has 120 valence electrons. The SMILES string of the molecule is CCc1nn(CC)c(CC(=O)CC(N)CC(C)(C)C)c1Br. The fourth-order valence-electron chi connectivity index (χ4n) is 2.60. The third-order valence-electron chi connectivity index (χ3n) is 3.42. The standard InChI is InChI=1S/C16H28BrN3O/c1-6-13-15(17)14(20(7-2)19-13)9-12(21)8-11(18)10-16(3,4)5/h11H,6-10,18H2,1-5H3. The second-order valence-corrected chi connectivity index (χ2v) is 7.61. The highest BCUT2D eigenvalue weighted by Gasteiger charge is 2.21. The average molecular weight is 358 g/mol. The number of hydrogen-bond donors (Lipinski definition) is 1. The van der Waals surface area contributed by atoms with Crippen LogP contribution in [0.1, 0.15) is 58.8 Å². The number of hydrogen-bond acceptors (Lipinski definition) is 3. The second kappa shape index (κ2) is 7.54. The Labute approximate surface area is 136 Å². The fourth-order valence-corrected chi connectivity index (χ4v) is 3.30. The third-order valence-corrected chi connectivity index (χ3v) is 4.34. The number of Topliss-reactive ketones (excluding diaryl/α,β-unsaturated/α-hetero) is 1. The Balaban J connectivity index is 2.73.